The van der Waals surface area contributed by atoms with Gasteiger partial charge in [0, 0.05) is 6.54 Å². The van der Waals surface area contributed by atoms with Gasteiger partial charge in [0.2, 0.25) is 0 Å². The summed E-state index contributed by atoms with van der Waals surface area (Å²) < 4.78 is 73.5. The Kier molecular flexibility index (Phi) is 5.01. The van der Waals surface area contributed by atoms with Gasteiger partial charge < -0.3 is 5.32 Å². The van der Waals surface area contributed by atoms with Crippen molar-refractivity contribution in [3.8, 4) is 0 Å². The number of hydrogen-bond acceptors (Lipinski definition) is 3. The fourth-order valence-electron chi connectivity index (χ4n) is 1.48. The third-order valence-electron chi connectivity index (χ3n) is 2.58. The molecule has 1 rings (SSSR count). The Bertz CT molecular complexity index is 567. The number of hydrogen-bond donors (Lipinski definition) is 1. The normalized spacial score (nSPS) is 12.8. The molecule has 0 radical (unpaired) electrons. The zero-order chi connectivity index (χ0) is 15.6. The molecule has 0 aliphatic rings. The van der Waals surface area contributed by atoms with Crippen molar-refractivity contribution in [2.75, 3.05) is 11.9 Å². The quantitative estimate of drug-likeness (QED) is 0.845. The summed E-state index contributed by atoms with van der Waals surface area (Å²) in [4.78, 5) is -1.09. The molecule has 3 nitrogen and oxygen atoms in total. The van der Waals surface area contributed by atoms with Crippen molar-refractivity contribution in [3.05, 3.63) is 24.0 Å². The molecule has 8 heteroatoms. The van der Waals surface area contributed by atoms with Gasteiger partial charge in [-0.15, -0.1) is 0 Å². The summed E-state index contributed by atoms with van der Waals surface area (Å²) in [5, 5.41) is 2.60. The minimum absolute atomic E-state index is 0.246. The van der Waals surface area contributed by atoms with Gasteiger partial charge in [-0.1, -0.05) is 13.8 Å². The highest BCUT2D eigenvalue weighted by atomic mass is 32.2. The fraction of sp³-hybridized carbons (Fsp3) is 0.500. The third-order valence-corrected chi connectivity index (χ3v) is 4.10. The number of alkyl halides is 3. The molecule has 0 unspecified atom stereocenters. The van der Waals surface area contributed by atoms with Crippen molar-refractivity contribution >= 4 is 15.5 Å². The number of benzene rings is 1. The number of nitrogens with one attached hydrogen (secondary N) is 1. The van der Waals surface area contributed by atoms with Crippen molar-refractivity contribution in [1.29, 1.82) is 0 Å². The fourth-order valence-corrected chi connectivity index (χ4v) is 2.43. The second-order valence-corrected chi connectivity index (χ2v) is 6.61. The maximum absolute atomic E-state index is 13.1. The summed E-state index contributed by atoms with van der Waals surface area (Å²) in [5.41, 5.74) is -5.71. The molecule has 0 aliphatic carbocycles. The predicted octanol–water partition coefficient (Wildman–Crippen LogP) is 3.58. The summed E-state index contributed by atoms with van der Waals surface area (Å²) in [7, 11) is -5.58. The average Bonchev–Trinajstić information content (AvgIpc) is 2.29. The van der Waals surface area contributed by atoms with Crippen LogP contribution in [0.4, 0.5) is 23.2 Å². The Labute approximate surface area is 114 Å². The molecular weight excluding hydrogens is 298 g/mol. The lowest BCUT2D eigenvalue weighted by Crippen LogP contribution is -2.24. The molecule has 1 aromatic rings. The van der Waals surface area contributed by atoms with Crippen LogP contribution in [0, 0.1) is 11.7 Å². The highest BCUT2D eigenvalue weighted by Gasteiger charge is 2.48. The largest absolute Gasteiger partial charge is 0.501 e. The Morgan fingerprint density at radius 1 is 1.25 bits per heavy atom. The number of rotatable bonds is 5. The monoisotopic (exact) mass is 313 g/mol. The summed E-state index contributed by atoms with van der Waals surface area (Å²) in [6.07, 6.45) is 0.642. The van der Waals surface area contributed by atoms with Crippen molar-refractivity contribution in [2.24, 2.45) is 5.92 Å². The molecule has 0 bridgehead atoms. The molecular formula is C12H15F4NO2S. The second-order valence-electron chi connectivity index (χ2n) is 4.70. The van der Waals surface area contributed by atoms with E-state index in [2.05, 4.69) is 5.32 Å². The topological polar surface area (TPSA) is 46.2 Å². The summed E-state index contributed by atoms with van der Waals surface area (Å²) in [6.45, 7) is 4.13. The van der Waals surface area contributed by atoms with E-state index in [1.807, 2.05) is 13.8 Å². The SMILES string of the molecule is CC(C)CCNc1ccc(F)cc1S(=O)(=O)C(F)(F)F. The standard InChI is InChI=1S/C12H15F4NO2S/c1-8(2)5-6-17-10-4-3-9(13)7-11(10)20(18,19)12(14,15)16/h3-4,7-8,17H,5-6H2,1-2H3. The zero-order valence-corrected chi connectivity index (χ0v) is 11.8. The molecule has 0 atom stereocenters. The average molecular weight is 313 g/mol. The van der Waals surface area contributed by atoms with Crippen LogP contribution in [0.25, 0.3) is 0 Å². The molecule has 0 spiro atoms. The van der Waals surface area contributed by atoms with Crippen molar-refractivity contribution < 1.29 is 26.0 Å². The van der Waals surface area contributed by atoms with E-state index in [9.17, 15) is 26.0 Å². The first kappa shape index (κ1) is 16.7. The molecule has 0 aliphatic heterocycles. The van der Waals surface area contributed by atoms with Crippen LogP contribution in [-0.2, 0) is 9.84 Å². The van der Waals surface area contributed by atoms with Gasteiger partial charge in [0.25, 0.3) is 9.84 Å². The van der Waals surface area contributed by atoms with Crippen molar-refractivity contribution in [2.45, 2.75) is 30.7 Å². The van der Waals surface area contributed by atoms with Gasteiger partial charge in [-0.3, -0.25) is 0 Å². The molecule has 0 saturated heterocycles. The lowest BCUT2D eigenvalue weighted by molar-refractivity contribution is -0.0435. The summed E-state index contributed by atoms with van der Waals surface area (Å²) >= 11 is 0. The smallest absolute Gasteiger partial charge is 0.384 e. The first-order valence-electron chi connectivity index (χ1n) is 5.90. The van der Waals surface area contributed by atoms with E-state index in [0.717, 1.165) is 12.1 Å². The lowest BCUT2D eigenvalue weighted by Gasteiger charge is -2.15. The van der Waals surface area contributed by atoms with Crippen molar-refractivity contribution in [3.63, 3.8) is 0 Å². The Balaban J connectivity index is 3.15. The van der Waals surface area contributed by atoms with E-state index >= 15 is 0 Å². The van der Waals surface area contributed by atoms with Crippen LogP contribution in [0.5, 0.6) is 0 Å². The van der Waals surface area contributed by atoms with Gasteiger partial charge in [0.15, 0.2) is 0 Å². The van der Waals surface area contributed by atoms with E-state index in [1.54, 1.807) is 0 Å². The minimum Gasteiger partial charge on any atom is -0.384 e. The molecule has 1 N–H and O–H groups in total. The van der Waals surface area contributed by atoms with E-state index in [0.29, 0.717) is 24.9 Å². The third kappa shape index (κ3) is 3.84. The first-order chi connectivity index (χ1) is 9.05. The van der Waals surface area contributed by atoms with Crippen molar-refractivity contribution in [1.82, 2.24) is 0 Å². The van der Waals surface area contributed by atoms with E-state index in [1.165, 1.54) is 0 Å². The molecule has 0 fully saturated rings. The molecule has 0 saturated carbocycles. The zero-order valence-electron chi connectivity index (χ0n) is 11.0. The molecule has 114 valence electrons. The Morgan fingerprint density at radius 3 is 2.35 bits per heavy atom. The molecule has 1 aromatic carbocycles. The van der Waals surface area contributed by atoms with Gasteiger partial charge in [0.1, 0.15) is 10.7 Å². The van der Waals surface area contributed by atoms with E-state index in [-0.39, 0.29) is 5.69 Å². The molecule has 0 heterocycles. The Morgan fingerprint density at radius 2 is 1.85 bits per heavy atom. The van der Waals surface area contributed by atoms with E-state index < -0.39 is 26.1 Å². The summed E-state index contributed by atoms with van der Waals surface area (Å²) in [5.74, 6) is -0.743. The number of anilines is 1. The van der Waals surface area contributed by atoms with Crippen LogP contribution in [0.15, 0.2) is 23.1 Å². The van der Waals surface area contributed by atoms with Crippen LogP contribution in [0.1, 0.15) is 20.3 Å². The molecule has 0 aromatic heterocycles. The van der Waals surface area contributed by atoms with Crippen LogP contribution in [0.2, 0.25) is 0 Å². The minimum atomic E-state index is -5.58. The van der Waals surface area contributed by atoms with Gasteiger partial charge >= 0.3 is 5.51 Å². The lowest BCUT2D eigenvalue weighted by atomic mass is 10.1. The maximum atomic E-state index is 13.1. The van der Waals surface area contributed by atoms with Crippen LogP contribution >= 0.6 is 0 Å². The van der Waals surface area contributed by atoms with Gasteiger partial charge in [0.05, 0.1) is 5.69 Å². The van der Waals surface area contributed by atoms with Gasteiger partial charge in [-0.05, 0) is 30.5 Å². The van der Waals surface area contributed by atoms with Gasteiger partial charge in [-0.2, -0.15) is 13.2 Å². The molecule has 20 heavy (non-hydrogen) atoms. The Hall–Kier alpha value is -1.31. The maximum Gasteiger partial charge on any atom is 0.501 e. The number of halogens is 4. The second kappa shape index (κ2) is 5.99. The highest BCUT2D eigenvalue weighted by Crippen LogP contribution is 2.34. The highest BCUT2D eigenvalue weighted by molar-refractivity contribution is 7.92. The van der Waals surface area contributed by atoms with E-state index in [4.69, 9.17) is 0 Å². The van der Waals surface area contributed by atoms with Gasteiger partial charge in [-0.25, -0.2) is 12.8 Å². The predicted molar refractivity (Wildman–Crippen MR) is 67.6 cm³/mol. The summed E-state index contributed by atoms with van der Waals surface area (Å²) in [6, 6.07) is 2.28. The van der Waals surface area contributed by atoms with Crippen LogP contribution in [-0.4, -0.2) is 20.5 Å². The van der Waals surface area contributed by atoms with Crippen LogP contribution < -0.4 is 5.32 Å². The van der Waals surface area contributed by atoms with Crippen LogP contribution in [0.3, 0.4) is 0 Å². The number of sulfone groups is 1. The first-order valence-corrected chi connectivity index (χ1v) is 7.39. The molecule has 0 amide bonds.